The van der Waals surface area contributed by atoms with Crippen molar-refractivity contribution in [2.75, 3.05) is 31.6 Å². The molecule has 1 amide bonds. The fraction of sp³-hybridized carbons (Fsp3) is 0.192. The molecule has 5 rings (SSSR count). The Balaban J connectivity index is 1.25. The van der Waals surface area contributed by atoms with Gasteiger partial charge in [-0.15, -0.1) is 0 Å². The number of nitrogens with zero attached hydrogens (tertiary/aromatic N) is 3. The standard InChI is InChI=1S/C26H25N5O2/c32-26(30-22-5-1-19(2-6-22)17-31-11-13-33-14-12-31)8-4-21-16-27-10-9-23(21)20-3-7-24-25(15-20)29-18-28-24/h1-10,15-16,18H,11-14,17H2,(H,28,29)(H,30,32). The molecule has 4 aromatic rings. The second-order valence-corrected chi connectivity index (χ2v) is 8.01. The number of anilines is 1. The van der Waals surface area contributed by atoms with Crippen molar-refractivity contribution in [3.05, 3.63) is 84.5 Å². The minimum absolute atomic E-state index is 0.185. The van der Waals surface area contributed by atoms with Gasteiger partial charge in [0.05, 0.1) is 30.6 Å². The number of carbonyl (C=O) groups is 1. The minimum Gasteiger partial charge on any atom is -0.379 e. The van der Waals surface area contributed by atoms with E-state index in [0.29, 0.717) is 0 Å². The summed E-state index contributed by atoms with van der Waals surface area (Å²) in [5.41, 5.74) is 6.77. The monoisotopic (exact) mass is 439 g/mol. The summed E-state index contributed by atoms with van der Waals surface area (Å²) in [6, 6.07) is 16.0. The Hall–Kier alpha value is -3.81. The first-order chi connectivity index (χ1) is 16.2. The number of aromatic nitrogens is 3. The summed E-state index contributed by atoms with van der Waals surface area (Å²) in [6.07, 6.45) is 8.53. The van der Waals surface area contributed by atoms with Gasteiger partial charge in [-0.1, -0.05) is 18.2 Å². The molecule has 166 valence electrons. The van der Waals surface area contributed by atoms with Gasteiger partial charge >= 0.3 is 0 Å². The fourth-order valence-corrected chi connectivity index (χ4v) is 3.97. The van der Waals surface area contributed by atoms with Crippen LogP contribution in [0, 0.1) is 0 Å². The highest BCUT2D eigenvalue weighted by molar-refractivity contribution is 6.02. The number of hydrogen-bond donors (Lipinski definition) is 2. The summed E-state index contributed by atoms with van der Waals surface area (Å²) in [5.74, 6) is -0.185. The van der Waals surface area contributed by atoms with Crippen molar-refractivity contribution < 1.29 is 9.53 Å². The zero-order valence-electron chi connectivity index (χ0n) is 18.2. The predicted molar refractivity (Wildman–Crippen MR) is 130 cm³/mol. The molecule has 1 fully saturated rings. The summed E-state index contributed by atoms with van der Waals surface area (Å²) < 4.78 is 5.40. The van der Waals surface area contributed by atoms with E-state index in [1.165, 1.54) is 11.6 Å². The molecule has 1 aliphatic rings. The molecule has 0 spiro atoms. The first-order valence-electron chi connectivity index (χ1n) is 11.0. The van der Waals surface area contributed by atoms with Crippen molar-refractivity contribution in [1.29, 1.82) is 0 Å². The van der Waals surface area contributed by atoms with Crippen LogP contribution < -0.4 is 5.32 Å². The number of pyridine rings is 1. The normalized spacial score (nSPS) is 14.7. The molecule has 2 aromatic heterocycles. The molecule has 0 unspecified atom stereocenters. The third kappa shape index (κ3) is 5.16. The Kier molecular flexibility index (Phi) is 6.23. The lowest BCUT2D eigenvalue weighted by atomic mass is 10.0. The highest BCUT2D eigenvalue weighted by Gasteiger charge is 2.11. The minimum atomic E-state index is -0.185. The maximum absolute atomic E-state index is 12.5. The van der Waals surface area contributed by atoms with Crippen LogP contribution in [0.25, 0.3) is 28.2 Å². The maximum atomic E-state index is 12.5. The van der Waals surface area contributed by atoms with Crippen molar-refractivity contribution in [1.82, 2.24) is 19.9 Å². The van der Waals surface area contributed by atoms with Crippen molar-refractivity contribution >= 4 is 28.7 Å². The lowest BCUT2D eigenvalue weighted by Crippen LogP contribution is -2.35. The van der Waals surface area contributed by atoms with Gasteiger partial charge in [-0.05, 0) is 53.1 Å². The zero-order valence-corrected chi connectivity index (χ0v) is 18.2. The number of nitrogens with one attached hydrogen (secondary N) is 2. The lowest BCUT2D eigenvalue weighted by molar-refractivity contribution is -0.111. The van der Waals surface area contributed by atoms with Crippen LogP contribution in [0.1, 0.15) is 11.1 Å². The number of hydrogen-bond acceptors (Lipinski definition) is 5. The van der Waals surface area contributed by atoms with Crippen molar-refractivity contribution in [3.8, 4) is 11.1 Å². The molecule has 3 heterocycles. The molecule has 0 atom stereocenters. The third-order valence-electron chi connectivity index (χ3n) is 5.73. The van der Waals surface area contributed by atoms with Gasteiger partial charge in [0.2, 0.25) is 5.91 Å². The Bertz CT molecular complexity index is 1270. The molecule has 1 saturated heterocycles. The van der Waals surface area contributed by atoms with Gasteiger partial charge in [0.15, 0.2) is 0 Å². The van der Waals surface area contributed by atoms with E-state index >= 15 is 0 Å². The average molecular weight is 440 g/mol. The molecule has 0 bridgehead atoms. The summed E-state index contributed by atoms with van der Waals surface area (Å²) in [7, 11) is 0. The number of carbonyl (C=O) groups excluding carboxylic acids is 1. The number of amides is 1. The molecule has 7 nitrogen and oxygen atoms in total. The van der Waals surface area contributed by atoms with Crippen LogP contribution in [0.5, 0.6) is 0 Å². The molecule has 2 aromatic carbocycles. The highest BCUT2D eigenvalue weighted by Crippen LogP contribution is 2.26. The summed E-state index contributed by atoms with van der Waals surface area (Å²) in [4.78, 5) is 26.5. The van der Waals surface area contributed by atoms with Crippen molar-refractivity contribution in [2.45, 2.75) is 6.54 Å². The highest BCUT2D eigenvalue weighted by atomic mass is 16.5. The number of rotatable bonds is 6. The van der Waals surface area contributed by atoms with E-state index in [4.69, 9.17) is 4.74 Å². The van der Waals surface area contributed by atoms with Crippen molar-refractivity contribution in [2.24, 2.45) is 0 Å². The Morgan fingerprint density at radius 2 is 1.97 bits per heavy atom. The summed E-state index contributed by atoms with van der Waals surface area (Å²) in [6.45, 7) is 4.38. The van der Waals surface area contributed by atoms with Crippen LogP contribution in [-0.4, -0.2) is 52.1 Å². The van der Waals surface area contributed by atoms with E-state index in [1.807, 2.05) is 36.4 Å². The predicted octanol–water partition coefficient (Wildman–Crippen LogP) is 4.11. The second-order valence-electron chi connectivity index (χ2n) is 8.01. The fourth-order valence-electron chi connectivity index (χ4n) is 3.97. The molecule has 0 radical (unpaired) electrons. The SMILES string of the molecule is O=C(C=Cc1cnccc1-c1ccc2nc[nH]c2c1)Nc1ccc(CN2CCOCC2)cc1. The van der Waals surface area contributed by atoms with Crippen LogP contribution in [0.4, 0.5) is 5.69 Å². The van der Waals surface area contributed by atoms with E-state index in [1.54, 1.807) is 24.8 Å². The number of H-pyrrole nitrogens is 1. The van der Waals surface area contributed by atoms with Gasteiger partial charge in [-0.3, -0.25) is 14.7 Å². The molecule has 7 heteroatoms. The Morgan fingerprint density at radius 3 is 2.82 bits per heavy atom. The topological polar surface area (TPSA) is 83.1 Å². The first kappa shape index (κ1) is 21.1. The molecular formula is C26H25N5O2. The number of imidazole rings is 1. The number of fused-ring (bicyclic) bond motifs is 1. The van der Waals surface area contributed by atoms with Gasteiger partial charge in [0.25, 0.3) is 0 Å². The largest absolute Gasteiger partial charge is 0.379 e. The van der Waals surface area contributed by atoms with Crippen LogP contribution in [0.3, 0.4) is 0 Å². The van der Waals surface area contributed by atoms with Gasteiger partial charge in [-0.25, -0.2) is 4.98 Å². The number of aromatic amines is 1. The zero-order chi connectivity index (χ0) is 22.5. The van der Waals surface area contributed by atoms with E-state index < -0.39 is 0 Å². The summed E-state index contributed by atoms with van der Waals surface area (Å²) >= 11 is 0. The van der Waals surface area contributed by atoms with Gasteiger partial charge in [0.1, 0.15) is 0 Å². The van der Waals surface area contributed by atoms with Crippen molar-refractivity contribution in [3.63, 3.8) is 0 Å². The number of morpholine rings is 1. The molecule has 0 aliphatic carbocycles. The lowest BCUT2D eigenvalue weighted by Gasteiger charge is -2.26. The van der Waals surface area contributed by atoms with Gasteiger partial charge < -0.3 is 15.0 Å². The van der Waals surface area contributed by atoms with Crippen LogP contribution in [-0.2, 0) is 16.1 Å². The Labute approximate surface area is 192 Å². The first-order valence-corrected chi connectivity index (χ1v) is 11.0. The van der Waals surface area contributed by atoms with E-state index in [2.05, 4.69) is 37.3 Å². The quantitative estimate of drug-likeness (QED) is 0.442. The van der Waals surface area contributed by atoms with Gasteiger partial charge in [-0.2, -0.15) is 0 Å². The second kappa shape index (κ2) is 9.77. The average Bonchev–Trinajstić information content (AvgIpc) is 3.33. The molecule has 0 saturated carbocycles. The molecule has 1 aliphatic heterocycles. The number of ether oxygens (including phenoxy) is 1. The van der Waals surface area contributed by atoms with Crippen LogP contribution in [0.2, 0.25) is 0 Å². The van der Waals surface area contributed by atoms with Crippen LogP contribution in [0.15, 0.2) is 73.3 Å². The molecule has 33 heavy (non-hydrogen) atoms. The smallest absolute Gasteiger partial charge is 0.248 e. The third-order valence-corrected chi connectivity index (χ3v) is 5.73. The number of benzene rings is 2. The molecular weight excluding hydrogens is 414 g/mol. The van der Waals surface area contributed by atoms with Crippen LogP contribution >= 0.6 is 0 Å². The van der Waals surface area contributed by atoms with E-state index in [9.17, 15) is 4.79 Å². The van der Waals surface area contributed by atoms with Gasteiger partial charge in [0, 0.05) is 49.4 Å². The Morgan fingerprint density at radius 1 is 1.12 bits per heavy atom. The molecule has 2 N–H and O–H groups in total. The maximum Gasteiger partial charge on any atom is 0.248 e. The summed E-state index contributed by atoms with van der Waals surface area (Å²) in [5, 5.41) is 2.93. The van der Waals surface area contributed by atoms with E-state index in [0.717, 1.165) is 66.3 Å². The van der Waals surface area contributed by atoms with E-state index in [-0.39, 0.29) is 5.91 Å².